The second kappa shape index (κ2) is 6.76. The van der Waals surface area contributed by atoms with Crippen LogP contribution in [0, 0.1) is 5.92 Å². The van der Waals surface area contributed by atoms with Gasteiger partial charge in [-0.2, -0.15) is 0 Å². The van der Waals surface area contributed by atoms with Gasteiger partial charge in [0.25, 0.3) is 0 Å². The molecule has 2 N–H and O–H groups in total. The van der Waals surface area contributed by atoms with Gasteiger partial charge in [-0.05, 0) is 37.6 Å². The van der Waals surface area contributed by atoms with E-state index in [4.69, 9.17) is 10.5 Å². The van der Waals surface area contributed by atoms with Crippen molar-refractivity contribution in [1.82, 2.24) is 4.90 Å². The monoisotopic (exact) mass is 250 g/mol. The van der Waals surface area contributed by atoms with Gasteiger partial charge in [0.05, 0.1) is 7.11 Å². The highest BCUT2D eigenvalue weighted by Crippen LogP contribution is 2.25. The molecule has 0 aliphatic heterocycles. The lowest BCUT2D eigenvalue weighted by molar-refractivity contribution is 0.197. The van der Waals surface area contributed by atoms with Crippen molar-refractivity contribution < 1.29 is 4.74 Å². The van der Waals surface area contributed by atoms with Crippen LogP contribution >= 0.6 is 0 Å². The molecule has 0 bridgehead atoms. The Labute approximate surface area is 111 Å². The van der Waals surface area contributed by atoms with Crippen LogP contribution in [-0.2, 0) is 0 Å². The highest BCUT2D eigenvalue weighted by Gasteiger charge is 2.21. The maximum Gasteiger partial charge on any atom is 0.118 e. The van der Waals surface area contributed by atoms with Gasteiger partial charge in [0, 0.05) is 18.6 Å². The smallest absolute Gasteiger partial charge is 0.118 e. The molecule has 1 aromatic rings. The van der Waals surface area contributed by atoms with Gasteiger partial charge in [-0.1, -0.05) is 26.0 Å². The summed E-state index contributed by atoms with van der Waals surface area (Å²) in [5.74, 6) is 1.52. The van der Waals surface area contributed by atoms with Crippen LogP contribution in [-0.4, -0.2) is 31.6 Å². The second-order valence-corrected chi connectivity index (χ2v) is 5.41. The number of methoxy groups -OCH3 is 1. The normalized spacial score (nSPS) is 14.9. The van der Waals surface area contributed by atoms with Crippen molar-refractivity contribution in [3.8, 4) is 5.75 Å². The quantitative estimate of drug-likeness (QED) is 0.843. The topological polar surface area (TPSA) is 38.5 Å². The van der Waals surface area contributed by atoms with Crippen LogP contribution in [0.25, 0.3) is 0 Å². The van der Waals surface area contributed by atoms with Crippen molar-refractivity contribution >= 4 is 0 Å². The molecule has 0 radical (unpaired) electrons. The predicted octanol–water partition coefficient (Wildman–Crippen LogP) is 2.67. The Morgan fingerprint density at radius 2 is 1.72 bits per heavy atom. The Morgan fingerprint density at radius 1 is 1.17 bits per heavy atom. The number of likely N-dealkylation sites (N-methyl/N-ethyl adjacent to an activating group) is 1. The van der Waals surface area contributed by atoms with Crippen LogP contribution in [0.4, 0.5) is 0 Å². The third-order valence-corrected chi connectivity index (χ3v) is 3.08. The summed E-state index contributed by atoms with van der Waals surface area (Å²) in [5.41, 5.74) is 7.39. The lowest BCUT2D eigenvalue weighted by Crippen LogP contribution is -2.38. The van der Waals surface area contributed by atoms with E-state index in [0.29, 0.717) is 5.92 Å². The van der Waals surface area contributed by atoms with Crippen molar-refractivity contribution in [2.45, 2.75) is 32.9 Å². The molecule has 3 nitrogen and oxygen atoms in total. The molecule has 0 spiro atoms. The van der Waals surface area contributed by atoms with Crippen LogP contribution in [0.5, 0.6) is 5.75 Å². The van der Waals surface area contributed by atoms with Crippen LogP contribution in [0.3, 0.4) is 0 Å². The minimum atomic E-state index is 0.0992. The number of hydrogen-bond donors (Lipinski definition) is 1. The van der Waals surface area contributed by atoms with Crippen molar-refractivity contribution in [1.29, 1.82) is 0 Å². The van der Waals surface area contributed by atoms with Gasteiger partial charge in [0.1, 0.15) is 5.75 Å². The van der Waals surface area contributed by atoms with Gasteiger partial charge in [-0.3, -0.25) is 4.90 Å². The first-order valence-electron chi connectivity index (χ1n) is 6.55. The van der Waals surface area contributed by atoms with Gasteiger partial charge < -0.3 is 10.5 Å². The molecule has 2 atom stereocenters. The molecule has 0 saturated heterocycles. The minimum absolute atomic E-state index is 0.0992. The highest BCUT2D eigenvalue weighted by atomic mass is 16.5. The molecule has 0 heterocycles. The molecular formula is C15H26N2O. The molecule has 18 heavy (non-hydrogen) atoms. The summed E-state index contributed by atoms with van der Waals surface area (Å²) < 4.78 is 5.19. The molecule has 0 amide bonds. The van der Waals surface area contributed by atoms with Crippen LogP contribution < -0.4 is 10.5 Å². The molecule has 0 saturated carbocycles. The summed E-state index contributed by atoms with van der Waals surface area (Å²) in [6.45, 7) is 7.55. The second-order valence-electron chi connectivity index (χ2n) is 5.41. The Kier molecular flexibility index (Phi) is 5.63. The fraction of sp³-hybridized carbons (Fsp3) is 0.600. The SMILES string of the molecule is COc1ccc(C(C(C)N)N(C)CC(C)C)cc1. The Morgan fingerprint density at radius 3 is 2.11 bits per heavy atom. The molecular weight excluding hydrogens is 224 g/mol. The average molecular weight is 250 g/mol. The van der Waals surface area contributed by atoms with Crippen molar-refractivity contribution in [2.75, 3.05) is 20.7 Å². The standard InChI is InChI=1S/C15H26N2O/c1-11(2)10-17(4)15(12(3)16)13-6-8-14(18-5)9-7-13/h6-9,11-12,15H,10,16H2,1-5H3. The number of hydrogen-bond acceptors (Lipinski definition) is 3. The fourth-order valence-electron chi connectivity index (χ4n) is 2.45. The highest BCUT2D eigenvalue weighted by molar-refractivity contribution is 5.29. The Bertz CT molecular complexity index is 346. The molecule has 3 heteroatoms. The number of nitrogens with two attached hydrogens (primary N) is 1. The fourth-order valence-corrected chi connectivity index (χ4v) is 2.45. The van der Waals surface area contributed by atoms with Gasteiger partial charge in [0.15, 0.2) is 0 Å². The zero-order chi connectivity index (χ0) is 13.7. The van der Waals surface area contributed by atoms with Gasteiger partial charge in [0.2, 0.25) is 0 Å². The lowest BCUT2D eigenvalue weighted by Gasteiger charge is -2.32. The molecule has 0 aliphatic rings. The van der Waals surface area contributed by atoms with Crippen LogP contribution in [0.2, 0.25) is 0 Å². The summed E-state index contributed by atoms with van der Waals surface area (Å²) in [5, 5.41) is 0. The zero-order valence-corrected chi connectivity index (χ0v) is 12.2. The average Bonchev–Trinajstić information content (AvgIpc) is 2.28. The predicted molar refractivity (Wildman–Crippen MR) is 76.9 cm³/mol. The van der Waals surface area contributed by atoms with Crippen molar-refractivity contribution in [2.24, 2.45) is 11.7 Å². The summed E-state index contributed by atoms with van der Waals surface area (Å²) >= 11 is 0. The Hall–Kier alpha value is -1.06. The van der Waals surface area contributed by atoms with E-state index in [9.17, 15) is 0 Å². The third kappa shape index (κ3) is 4.00. The third-order valence-electron chi connectivity index (χ3n) is 3.08. The van der Waals surface area contributed by atoms with Gasteiger partial charge >= 0.3 is 0 Å². The van der Waals surface area contributed by atoms with E-state index in [2.05, 4.69) is 44.9 Å². The van der Waals surface area contributed by atoms with Crippen molar-refractivity contribution in [3.63, 3.8) is 0 Å². The first kappa shape index (κ1) is 15.0. The number of nitrogens with zero attached hydrogens (tertiary/aromatic N) is 1. The molecule has 0 aromatic heterocycles. The van der Waals surface area contributed by atoms with E-state index < -0.39 is 0 Å². The van der Waals surface area contributed by atoms with E-state index in [1.165, 1.54) is 5.56 Å². The molecule has 1 aromatic carbocycles. The van der Waals surface area contributed by atoms with E-state index in [1.54, 1.807) is 7.11 Å². The molecule has 2 unspecified atom stereocenters. The molecule has 102 valence electrons. The number of ether oxygens (including phenoxy) is 1. The summed E-state index contributed by atoms with van der Waals surface area (Å²) in [6, 6.07) is 8.54. The molecule has 1 rings (SSSR count). The Balaban J connectivity index is 2.89. The zero-order valence-electron chi connectivity index (χ0n) is 12.2. The van der Waals surface area contributed by atoms with Gasteiger partial charge in [-0.15, -0.1) is 0 Å². The van der Waals surface area contributed by atoms with E-state index in [1.807, 2.05) is 12.1 Å². The van der Waals surface area contributed by atoms with E-state index in [0.717, 1.165) is 12.3 Å². The van der Waals surface area contributed by atoms with Crippen molar-refractivity contribution in [3.05, 3.63) is 29.8 Å². The lowest BCUT2D eigenvalue weighted by atomic mass is 9.98. The molecule has 0 aliphatic carbocycles. The van der Waals surface area contributed by atoms with Gasteiger partial charge in [-0.25, -0.2) is 0 Å². The summed E-state index contributed by atoms with van der Waals surface area (Å²) in [6.07, 6.45) is 0. The van der Waals surface area contributed by atoms with Crippen LogP contribution in [0.15, 0.2) is 24.3 Å². The molecule has 0 fully saturated rings. The van der Waals surface area contributed by atoms with Crippen LogP contribution in [0.1, 0.15) is 32.4 Å². The summed E-state index contributed by atoms with van der Waals surface area (Å²) in [7, 11) is 3.82. The minimum Gasteiger partial charge on any atom is -0.497 e. The summed E-state index contributed by atoms with van der Waals surface area (Å²) in [4.78, 5) is 2.33. The first-order valence-corrected chi connectivity index (χ1v) is 6.55. The maximum atomic E-state index is 6.14. The van der Waals surface area contributed by atoms with E-state index >= 15 is 0 Å². The maximum absolute atomic E-state index is 6.14. The number of rotatable bonds is 6. The van der Waals surface area contributed by atoms with E-state index in [-0.39, 0.29) is 12.1 Å². The number of benzene rings is 1. The first-order chi connectivity index (χ1) is 8.45. The largest absolute Gasteiger partial charge is 0.497 e.